The summed E-state index contributed by atoms with van der Waals surface area (Å²) in [4.78, 5) is 31.8. The summed E-state index contributed by atoms with van der Waals surface area (Å²) in [6.45, 7) is 2.83. The molecule has 0 bridgehead atoms. The molecule has 0 saturated carbocycles. The SMILES string of the molecule is C[C@H](NC(=O)[C@@H](C)[N+](C)=C=O)C(=O)O. The average Bonchev–Trinajstić information content (AvgIpc) is 2.14. The van der Waals surface area contributed by atoms with E-state index in [4.69, 9.17) is 5.11 Å². The summed E-state index contributed by atoms with van der Waals surface area (Å²) in [5.41, 5.74) is 0. The molecule has 0 fully saturated rings. The predicted octanol–water partition coefficient (Wildman–Crippen LogP) is -1.06. The lowest BCUT2D eigenvalue weighted by molar-refractivity contribution is -0.517. The standard InChI is InChI=1S/C8H12N2O4/c1-5(8(13)14)9-7(12)6(2)10(3)4-11/h5-6H,1-3H3,(H-,9,12,13,14)/p+1/t5-,6+/m0/s1. The molecule has 6 nitrogen and oxygen atoms in total. The number of hydrogen-bond acceptors (Lipinski definition) is 3. The number of nitrogens with zero attached hydrogens (tertiary/aromatic N) is 1. The van der Waals surface area contributed by atoms with E-state index in [1.807, 2.05) is 0 Å². The molecule has 0 saturated heterocycles. The van der Waals surface area contributed by atoms with Gasteiger partial charge in [0.15, 0.2) is 0 Å². The lowest BCUT2D eigenvalue weighted by Gasteiger charge is -2.10. The van der Waals surface area contributed by atoms with Gasteiger partial charge in [-0.3, -0.25) is 9.59 Å². The normalized spacial score (nSPS) is 13.6. The highest BCUT2D eigenvalue weighted by Crippen LogP contribution is 1.89. The maximum atomic E-state index is 11.3. The van der Waals surface area contributed by atoms with Crippen LogP contribution < -0.4 is 5.32 Å². The van der Waals surface area contributed by atoms with Crippen LogP contribution in [-0.4, -0.2) is 46.8 Å². The van der Waals surface area contributed by atoms with Gasteiger partial charge in [-0.25, -0.2) is 0 Å². The number of likely N-dealkylation sites (N-methyl/N-ethyl adjacent to an activating group) is 1. The smallest absolute Gasteiger partial charge is 0.424 e. The summed E-state index contributed by atoms with van der Waals surface area (Å²) in [5, 5.41) is 10.7. The lowest BCUT2D eigenvalue weighted by atomic mass is 10.2. The maximum Gasteiger partial charge on any atom is 0.424 e. The Bertz CT molecular complexity index is 294. The van der Waals surface area contributed by atoms with E-state index < -0.39 is 24.0 Å². The van der Waals surface area contributed by atoms with E-state index in [0.717, 1.165) is 4.58 Å². The number of carbonyl (C=O) groups is 2. The molecule has 0 aliphatic rings. The fourth-order valence-electron chi connectivity index (χ4n) is 0.651. The molecule has 0 rings (SSSR count). The molecule has 0 aromatic rings. The zero-order chi connectivity index (χ0) is 11.3. The first kappa shape index (κ1) is 12.3. The zero-order valence-electron chi connectivity index (χ0n) is 8.27. The van der Waals surface area contributed by atoms with Gasteiger partial charge in [-0.15, -0.1) is 4.58 Å². The molecule has 2 N–H and O–H groups in total. The molecule has 0 heterocycles. The van der Waals surface area contributed by atoms with Gasteiger partial charge < -0.3 is 10.4 Å². The van der Waals surface area contributed by atoms with Gasteiger partial charge in [-0.05, 0) is 6.92 Å². The van der Waals surface area contributed by atoms with Crippen LogP contribution in [0, 0.1) is 0 Å². The first-order valence-corrected chi connectivity index (χ1v) is 4.04. The zero-order valence-corrected chi connectivity index (χ0v) is 8.27. The highest BCUT2D eigenvalue weighted by Gasteiger charge is 2.25. The average molecular weight is 201 g/mol. The van der Waals surface area contributed by atoms with Crippen molar-refractivity contribution < 1.29 is 24.1 Å². The van der Waals surface area contributed by atoms with Gasteiger partial charge >= 0.3 is 12.0 Å². The van der Waals surface area contributed by atoms with E-state index in [1.165, 1.54) is 27.0 Å². The first-order valence-electron chi connectivity index (χ1n) is 4.04. The van der Waals surface area contributed by atoms with Crippen LogP contribution >= 0.6 is 0 Å². The van der Waals surface area contributed by atoms with Gasteiger partial charge in [0, 0.05) is 6.92 Å². The van der Waals surface area contributed by atoms with E-state index >= 15 is 0 Å². The minimum Gasteiger partial charge on any atom is -0.480 e. The van der Waals surface area contributed by atoms with E-state index in [-0.39, 0.29) is 0 Å². The lowest BCUT2D eigenvalue weighted by Crippen LogP contribution is -2.45. The van der Waals surface area contributed by atoms with Crippen molar-refractivity contribution in [1.82, 2.24) is 5.32 Å². The molecule has 14 heavy (non-hydrogen) atoms. The number of aliphatic carboxylic acids is 1. The van der Waals surface area contributed by atoms with E-state index in [2.05, 4.69) is 5.32 Å². The molecule has 0 aliphatic carbocycles. The van der Waals surface area contributed by atoms with E-state index in [1.54, 1.807) is 0 Å². The molecule has 2 atom stereocenters. The van der Waals surface area contributed by atoms with Crippen LogP contribution in [0.15, 0.2) is 0 Å². The highest BCUT2D eigenvalue weighted by molar-refractivity contribution is 5.85. The van der Waals surface area contributed by atoms with Gasteiger partial charge in [-0.1, -0.05) is 0 Å². The first-order chi connectivity index (χ1) is 6.40. The van der Waals surface area contributed by atoms with Gasteiger partial charge in [0.25, 0.3) is 5.91 Å². The minimum absolute atomic E-state index is 0.522. The van der Waals surface area contributed by atoms with Crippen LogP contribution in [0.25, 0.3) is 0 Å². The summed E-state index contributed by atoms with van der Waals surface area (Å²) in [6, 6.07) is -1.70. The number of amides is 1. The van der Waals surface area contributed by atoms with Crippen molar-refractivity contribution in [3.8, 4) is 0 Å². The molecular weight excluding hydrogens is 188 g/mol. The van der Waals surface area contributed by atoms with E-state index in [0.29, 0.717) is 0 Å². The van der Waals surface area contributed by atoms with Crippen molar-refractivity contribution in [1.29, 1.82) is 0 Å². The maximum absolute atomic E-state index is 11.3. The Kier molecular flexibility index (Phi) is 4.52. The van der Waals surface area contributed by atoms with Crippen LogP contribution in [0.3, 0.4) is 0 Å². The van der Waals surface area contributed by atoms with Crippen LogP contribution in [-0.2, 0) is 14.4 Å². The number of isocyanates is 1. The van der Waals surface area contributed by atoms with Gasteiger partial charge in [0.05, 0.1) is 0 Å². The van der Waals surface area contributed by atoms with Crippen LogP contribution in [0.1, 0.15) is 13.8 Å². The van der Waals surface area contributed by atoms with E-state index in [9.17, 15) is 14.4 Å². The second-order valence-electron chi connectivity index (χ2n) is 2.95. The van der Waals surface area contributed by atoms with Gasteiger partial charge in [-0.2, -0.15) is 4.79 Å². The topological polar surface area (TPSA) is 86.5 Å². The summed E-state index contributed by atoms with van der Waals surface area (Å²) >= 11 is 0. The summed E-state index contributed by atoms with van der Waals surface area (Å²) in [6.07, 6.45) is 1.52. The van der Waals surface area contributed by atoms with Gasteiger partial charge in [0.2, 0.25) is 6.04 Å². The third-order valence-electron chi connectivity index (χ3n) is 1.83. The third kappa shape index (κ3) is 3.37. The second kappa shape index (κ2) is 5.14. The van der Waals surface area contributed by atoms with Crippen molar-refractivity contribution >= 4 is 18.0 Å². The Morgan fingerprint density at radius 1 is 1.43 bits per heavy atom. The van der Waals surface area contributed by atoms with Crippen LogP contribution in [0.2, 0.25) is 0 Å². The number of carboxylic acid groups (broad SMARTS) is 1. The van der Waals surface area contributed by atoms with Crippen LogP contribution in [0.5, 0.6) is 0 Å². The molecule has 0 aromatic heterocycles. The second-order valence-corrected chi connectivity index (χ2v) is 2.95. The third-order valence-corrected chi connectivity index (χ3v) is 1.83. The molecule has 0 radical (unpaired) electrons. The molecule has 1 amide bonds. The summed E-state index contributed by atoms with van der Waals surface area (Å²) in [5.74, 6) is -1.64. The van der Waals surface area contributed by atoms with Crippen LogP contribution in [0.4, 0.5) is 0 Å². The minimum atomic E-state index is -1.12. The Balaban J connectivity index is 4.36. The number of carboxylic acids is 1. The number of nitrogens with one attached hydrogen (secondary N) is 1. The Morgan fingerprint density at radius 3 is 2.29 bits per heavy atom. The molecular formula is C8H13N2O4+. The summed E-state index contributed by atoms with van der Waals surface area (Å²) in [7, 11) is 1.39. The largest absolute Gasteiger partial charge is 0.480 e. The molecule has 0 unspecified atom stereocenters. The molecule has 78 valence electrons. The Hall–Kier alpha value is -1.68. The predicted molar refractivity (Wildman–Crippen MR) is 46.6 cm³/mol. The molecule has 0 aliphatic heterocycles. The number of hydrogen-bond donors (Lipinski definition) is 2. The number of rotatable bonds is 4. The van der Waals surface area contributed by atoms with Gasteiger partial charge in [0.1, 0.15) is 13.1 Å². The Labute approximate surface area is 81.2 Å². The summed E-state index contributed by atoms with van der Waals surface area (Å²) < 4.78 is 1.03. The fourth-order valence-corrected chi connectivity index (χ4v) is 0.651. The number of carbonyl (C=O) groups excluding carboxylic acids is 2. The molecule has 0 spiro atoms. The monoisotopic (exact) mass is 201 g/mol. The van der Waals surface area contributed by atoms with Crippen molar-refractivity contribution in [3.63, 3.8) is 0 Å². The molecule has 6 heteroatoms. The fraction of sp³-hybridized carbons (Fsp3) is 0.625. The molecule has 0 aromatic carbocycles. The quantitative estimate of drug-likeness (QED) is 0.345. The van der Waals surface area contributed by atoms with Crippen molar-refractivity contribution in [3.05, 3.63) is 0 Å². The van der Waals surface area contributed by atoms with Crippen molar-refractivity contribution in [2.75, 3.05) is 7.05 Å². The highest BCUT2D eigenvalue weighted by atomic mass is 16.4. The van der Waals surface area contributed by atoms with Crippen molar-refractivity contribution in [2.45, 2.75) is 25.9 Å². The van der Waals surface area contributed by atoms with Crippen molar-refractivity contribution in [2.24, 2.45) is 0 Å². The Morgan fingerprint density at radius 2 is 1.93 bits per heavy atom.